The van der Waals surface area contributed by atoms with Crippen LogP contribution in [-0.4, -0.2) is 14.5 Å². The predicted octanol–water partition coefficient (Wildman–Crippen LogP) is 16.3. The summed E-state index contributed by atoms with van der Waals surface area (Å²) in [5.41, 5.74) is 11.0. The summed E-state index contributed by atoms with van der Waals surface area (Å²) in [6.45, 7) is 0. The van der Waals surface area contributed by atoms with E-state index in [1.54, 1.807) is 0 Å². The Morgan fingerprint density at radius 1 is 0.400 bits per heavy atom. The summed E-state index contributed by atoms with van der Waals surface area (Å²) in [6.07, 6.45) is 0. The van der Waals surface area contributed by atoms with Crippen LogP contribution in [-0.2, 0) is 0 Å². The first-order valence-corrected chi connectivity index (χ1v) is 22.5. The molecule has 0 aliphatic carbocycles. The number of aromatic amines is 1. The van der Waals surface area contributed by atoms with Crippen molar-refractivity contribution in [2.24, 2.45) is 0 Å². The molecule has 55 heavy (non-hydrogen) atoms. The summed E-state index contributed by atoms with van der Waals surface area (Å²) in [6, 6.07) is 68.0. The van der Waals surface area contributed by atoms with Crippen molar-refractivity contribution in [3.8, 4) is 27.9 Å². The van der Waals surface area contributed by atoms with Gasteiger partial charge in [0.25, 0.3) is 0 Å². The lowest BCUT2D eigenvalue weighted by molar-refractivity contribution is 1.18. The number of para-hydroxylation sites is 4. The fraction of sp³-hybridized carbons (Fsp3) is 0.0204. The lowest BCUT2D eigenvalue weighted by Gasteiger charge is -2.09. The molecule has 0 amide bonds. The van der Waals surface area contributed by atoms with Crippen molar-refractivity contribution in [3.63, 3.8) is 0 Å². The van der Waals surface area contributed by atoms with Gasteiger partial charge in [-0.1, -0.05) is 176 Å². The zero-order valence-electron chi connectivity index (χ0n) is 29.9. The van der Waals surface area contributed by atoms with Gasteiger partial charge >= 0.3 is 0 Å². The number of hydrogen-bond acceptors (Lipinski definition) is 0. The zero-order chi connectivity index (χ0) is 38.1. The van der Waals surface area contributed by atoms with Crippen molar-refractivity contribution in [1.82, 2.24) is 9.55 Å². The highest BCUT2D eigenvalue weighted by Gasteiger charge is 2.11. The average molecular weight is 1070 g/mol. The molecule has 0 spiro atoms. The van der Waals surface area contributed by atoms with Crippen LogP contribution in [0.25, 0.3) is 71.6 Å². The Kier molecular flexibility index (Phi) is 13.2. The van der Waals surface area contributed by atoms with Gasteiger partial charge < -0.3 is 9.55 Å². The molecule has 0 atom stereocenters. The maximum Gasteiger partial charge on any atom is 0.0541 e. The average Bonchev–Trinajstić information content (AvgIpc) is 3.79. The van der Waals surface area contributed by atoms with Crippen LogP contribution in [0.2, 0.25) is 0 Å². The van der Waals surface area contributed by atoms with Gasteiger partial charge in [0.2, 0.25) is 0 Å². The molecule has 10 rings (SSSR count). The Bertz CT molecular complexity index is 2720. The number of hydrogen-bond donors (Lipinski definition) is 1. The molecule has 2 heterocycles. The minimum atomic E-state index is 1.10. The monoisotopic (exact) mass is 1060 g/mol. The summed E-state index contributed by atoms with van der Waals surface area (Å²) in [4.78, 5) is 5.35. The van der Waals surface area contributed by atoms with Crippen LogP contribution in [0.4, 0.5) is 0 Å². The van der Waals surface area contributed by atoms with Crippen molar-refractivity contribution in [3.05, 3.63) is 207 Å². The van der Waals surface area contributed by atoms with Crippen LogP contribution < -0.4 is 0 Å². The Balaban J connectivity index is 0.000000135. The van der Waals surface area contributed by atoms with E-state index in [0.29, 0.717) is 0 Å². The van der Waals surface area contributed by atoms with Gasteiger partial charge in [-0.2, -0.15) is 0 Å². The number of fused-ring (bicyclic) bond motifs is 6. The van der Waals surface area contributed by atoms with Gasteiger partial charge in [-0.15, -0.1) is 0 Å². The molecule has 0 bridgehead atoms. The Morgan fingerprint density at radius 3 is 1.25 bits per heavy atom. The number of rotatable bonds is 3. The van der Waals surface area contributed by atoms with Gasteiger partial charge in [-0.05, 0) is 123 Å². The zero-order valence-corrected chi connectivity index (χ0v) is 37.4. The Labute approximate surface area is 366 Å². The number of halogens is 4. The lowest BCUT2D eigenvalue weighted by Crippen LogP contribution is -1.93. The molecule has 8 aromatic carbocycles. The van der Waals surface area contributed by atoms with E-state index in [0.717, 1.165) is 8.95 Å². The summed E-state index contributed by atoms with van der Waals surface area (Å²) >= 11 is 11.5. The molecule has 0 unspecified atom stereocenters. The van der Waals surface area contributed by atoms with Crippen molar-refractivity contribution in [2.75, 3.05) is 4.93 Å². The molecular formula is C49H36Br2I2N2. The van der Waals surface area contributed by atoms with Crippen LogP contribution in [0.5, 0.6) is 0 Å². The number of nitrogens with one attached hydrogen (secondary N) is 1. The summed E-state index contributed by atoms with van der Waals surface area (Å²) in [5.74, 6) is 0. The van der Waals surface area contributed by atoms with Crippen LogP contribution in [0.1, 0.15) is 0 Å². The fourth-order valence-electron chi connectivity index (χ4n) is 6.78. The first kappa shape index (κ1) is 39.0. The standard InChI is InChI=1S/C24H16BrN.C12H8BrI.C12H9N.CH3I/c25-19-7-5-6-18(16-19)17-12-14-20(15-13-17)26-23-10-3-1-8-21(23)22-9-2-4-11-24(22)26;13-11-3-1-2-10(8-11)9-4-6-12(14)7-5-9;1-3-7-11-9(5-1)10-6-2-4-8-12(10)13-11;1-2/h1-16H;1-8H;1-8,13H;1H3. The van der Waals surface area contributed by atoms with Crippen LogP contribution in [0.3, 0.4) is 0 Å². The van der Waals surface area contributed by atoms with Crippen molar-refractivity contribution < 1.29 is 0 Å². The van der Waals surface area contributed by atoms with Gasteiger partial charge in [0.15, 0.2) is 0 Å². The van der Waals surface area contributed by atoms with Gasteiger partial charge in [0, 0.05) is 50.8 Å². The third kappa shape index (κ3) is 9.10. The molecule has 0 saturated heterocycles. The molecule has 6 heteroatoms. The van der Waals surface area contributed by atoms with E-state index in [4.69, 9.17) is 0 Å². The van der Waals surface area contributed by atoms with Gasteiger partial charge in [0.05, 0.1) is 11.0 Å². The summed E-state index contributed by atoms with van der Waals surface area (Å²) in [5, 5.41) is 5.19. The van der Waals surface area contributed by atoms with Gasteiger partial charge in [0.1, 0.15) is 0 Å². The number of alkyl halides is 1. The molecule has 2 nitrogen and oxygen atoms in total. The normalized spacial score (nSPS) is 10.6. The van der Waals surface area contributed by atoms with Gasteiger partial charge in [-0.3, -0.25) is 0 Å². The second-order valence-electron chi connectivity index (χ2n) is 12.7. The largest absolute Gasteiger partial charge is 0.355 e. The first-order valence-electron chi connectivity index (χ1n) is 17.7. The third-order valence-corrected chi connectivity index (χ3v) is 11.0. The Morgan fingerprint density at radius 2 is 0.800 bits per heavy atom. The highest BCUT2D eigenvalue weighted by Crippen LogP contribution is 2.33. The first-order chi connectivity index (χ1) is 27.0. The minimum absolute atomic E-state index is 1.10. The molecule has 0 aliphatic heterocycles. The van der Waals surface area contributed by atoms with E-state index in [-0.39, 0.29) is 0 Å². The molecule has 0 radical (unpaired) electrons. The highest BCUT2D eigenvalue weighted by molar-refractivity contribution is 14.1. The maximum absolute atomic E-state index is 3.56. The van der Waals surface area contributed by atoms with E-state index in [1.807, 2.05) is 11.0 Å². The second kappa shape index (κ2) is 18.6. The second-order valence-corrected chi connectivity index (χ2v) is 15.7. The highest BCUT2D eigenvalue weighted by atomic mass is 127. The number of nitrogens with zero attached hydrogens (tertiary/aromatic N) is 1. The predicted molar refractivity (Wildman–Crippen MR) is 262 cm³/mol. The molecule has 0 fully saturated rings. The van der Waals surface area contributed by atoms with Crippen LogP contribution >= 0.6 is 77.0 Å². The molecule has 0 saturated carbocycles. The van der Waals surface area contributed by atoms with Gasteiger partial charge in [-0.25, -0.2) is 0 Å². The van der Waals surface area contributed by atoms with Crippen molar-refractivity contribution in [2.45, 2.75) is 0 Å². The lowest BCUT2D eigenvalue weighted by atomic mass is 10.1. The van der Waals surface area contributed by atoms with Crippen molar-refractivity contribution >= 4 is 121 Å². The van der Waals surface area contributed by atoms with Crippen LogP contribution in [0.15, 0.2) is 203 Å². The molecule has 1 N–H and O–H groups in total. The molecular weight excluding hydrogens is 1030 g/mol. The topological polar surface area (TPSA) is 20.7 Å². The maximum atomic E-state index is 3.56. The van der Waals surface area contributed by atoms with E-state index >= 15 is 0 Å². The minimum Gasteiger partial charge on any atom is -0.355 e. The molecule has 2 aromatic heterocycles. The van der Waals surface area contributed by atoms with E-state index < -0.39 is 0 Å². The molecule has 270 valence electrons. The quantitative estimate of drug-likeness (QED) is 0.134. The summed E-state index contributed by atoms with van der Waals surface area (Å²) in [7, 11) is 0. The van der Waals surface area contributed by atoms with E-state index in [9.17, 15) is 0 Å². The van der Waals surface area contributed by atoms with E-state index in [2.05, 4.69) is 275 Å². The smallest absolute Gasteiger partial charge is 0.0541 e. The number of H-pyrrole nitrogens is 1. The molecule has 10 aromatic rings. The number of aromatic nitrogens is 2. The third-order valence-electron chi connectivity index (χ3n) is 9.28. The SMILES string of the molecule is Brc1cccc(-c2ccc(-n3c4ccccc4c4ccccc43)cc2)c1.Brc1cccc(-c2ccc(I)cc2)c1.CI.c1ccc2c(c1)[nH]c1ccccc12. The fourth-order valence-corrected chi connectivity index (χ4v) is 7.94. The molecule has 0 aliphatic rings. The summed E-state index contributed by atoms with van der Waals surface area (Å²) < 4.78 is 5.83. The van der Waals surface area contributed by atoms with E-state index in [1.165, 1.54) is 75.1 Å². The Hall–Kier alpha value is -4.22. The number of benzene rings is 8. The van der Waals surface area contributed by atoms with Crippen molar-refractivity contribution in [1.29, 1.82) is 0 Å². The van der Waals surface area contributed by atoms with Crippen LogP contribution in [0, 0.1) is 3.57 Å².